The summed E-state index contributed by atoms with van der Waals surface area (Å²) in [6.07, 6.45) is 6.64. The first-order chi connectivity index (χ1) is 9.04. The van der Waals surface area contributed by atoms with Crippen molar-refractivity contribution in [2.75, 3.05) is 6.61 Å². The van der Waals surface area contributed by atoms with Crippen molar-refractivity contribution in [3.8, 4) is 0 Å². The minimum absolute atomic E-state index is 0.0979. The van der Waals surface area contributed by atoms with Crippen LogP contribution in [-0.2, 0) is 6.54 Å². The van der Waals surface area contributed by atoms with Gasteiger partial charge in [0.05, 0.1) is 12.3 Å². The summed E-state index contributed by atoms with van der Waals surface area (Å²) < 4.78 is 1.98. The Kier molecular flexibility index (Phi) is 4.63. The van der Waals surface area contributed by atoms with Gasteiger partial charge in [-0.05, 0) is 38.7 Å². The van der Waals surface area contributed by atoms with Gasteiger partial charge < -0.3 is 10.4 Å². The van der Waals surface area contributed by atoms with Gasteiger partial charge in [0.15, 0.2) is 0 Å². The molecule has 1 aliphatic carbocycles. The van der Waals surface area contributed by atoms with Crippen molar-refractivity contribution < 1.29 is 5.11 Å². The number of nitrogens with zero attached hydrogens (tertiary/aromatic N) is 2. The molecule has 0 aromatic carbocycles. The van der Waals surface area contributed by atoms with E-state index in [0.29, 0.717) is 12.0 Å². The molecule has 4 nitrogen and oxygen atoms in total. The number of rotatable bonds is 5. The second kappa shape index (κ2) is 6.06. The molecule has 1 saturated carbocycles. The lowest BCUT2D eigenvalue weighted by molar-refractivity contribution is 0.0978. The summed E-state index contributed by atoms with van der Waals surface area (Å²) >= 11 is 0. The van der Waals surface area contributed by atoms with Gasteiger partial charge in [-0.15, -0.1) is 0 Å². The van der Waals surface area contributed by atoms with Gasteiger partial charge in [0, 0.05) is 24.3 Å². The number of hydrogen-bond donors (Lipinski definition) is 2. The Morgan fingerprint density at radius 3 is 2.95 bits per heavy atom. The Balaban J connectivity index is 1.95. The minimum atomic E-state index is -0.0979. The molecule has 2 atom stereocenters. The summed E-state index contributed by atoms with van der Waals surface area (Å²) in [6, 6.07) is 2.46. The third-order valence-electron chi connectivity index (χ3n) is 4.23. The van der Waals surface area contributed by atoms with Crippen molar-refractivity contribution in [1.29, 1.82) is 0 Å². The average molecular weight is 265 g/mol. The molecule has 1 fully saturated rings. The fourth-order valence-electron chi connectivity index (χ4n) is 3.06. The fourth-order valence-corrected chi connectivity index (χ4v) is 3.06. The quantitative estimate of drug-likeness (QED) is 0.860. The molecular weight excluding hydrogens is 238 g/mol. The predicted octanol–water partition coefficient (Wildman–Crippen LogP) is 2.49. The van der Waals surface area contributed by atoms with Gasteiger partial charge in [0.1, 0.15) is 0 Å². The highest BCUT2D eigenvalue weighted by Crippen LogP contribution is 2.32. The van der Waals surface area contributed by atoms with Crippen LogP contribution in [0.3, 0.4) is 0 Å². The molecule has 0 radical (unpaired) electrons. The summed E-state index contributed by atoms with van der Waals surface area (Å²) in [5.41, 5.74) is 0.957. The molecule has 0 saturated heterocycles. The monoisotopic (exact) mass is 265 g/mol. The lowest BCUT2D eigenvalue weighted by Gasteiger charge is -2.39. The highest BCUT2D eigenvalue weighted by molar-refractivity contribution is 5.02. The number of nitrogens with one attached hydrogen (secondary N) is 1. The number of hydrogen-bond acceptors (Lipinski definition) is 3. The Bertz CT molecular complexity index is 402. The number of aliphatic hydroxyl groups is 1. The second-order valence-corrected chi connectivity index (χ2v) is 6.37. The number of aliphatic hydroxyl groups excluding tert-OH is 1. The molecule has 0 spiro atoms. The zero-order chi connectivity index (χ0) is 13.9. The van der Waals surface area contributed by atoms with Crippen LogP contribution in [0.15, 0.2) is 12.3 Å². The highest BCUT2D eigenvalue weighted by Gasteiger charge is 2.33. The second-order valence-electron chi connectivity index (χ2n) is 6.37. The number of aromatic nitrogens is 2. The van der Waals surface area contributed by atoms with Gasteiger partial charge >= 0.3 is 0 Å². The maximum Gasteiger partial charge on any atom is 0.0762 e. The van der Waals surface area contributed by atoms with Crippen molar-refractivity contribution >= 4 is 0 Å². The van der Waals surface area contributed by atoms with Crippen LogP contribution in [0.4, 0.5) is 0 Å². The van der Waals surface area contributed by atoms with Crippen molar-refractivity contribution in [3.05, 3.63) is 18.0 Å². The van der Waals surface area contributed by atoms with Gasteiger partial charge in [0.2, 0.25) is 0 Å². The SMILES string of the molecule is CC1CCCC(CO)(NCc2ccn(C(C)C)n2)C1. The summed E-state index contributed by atoms with van der Waals surface area (Å²) in [4.78, 5) is 0. The largest absolute Gasteiger partial charge is 0.394 e. The normalized spacial score (nSPS) is 27.9. The molecule has 2 N–H and O–H groups in total. The average Bonchev–Trinajstić information content (AvgIpc) is 2.85. The molecule has 1 heterocycles. The maximum absolute atomic E-state index is 9.74. The zero-order valence-electron chi connectivity index (χ0n) is 12.4. The molecule has 4 heteroatoms. The van der Waals surface area contributed by atoms with Gasteiger partial charge in [0.25, 0.3) is 0 Å². The molecule has 2 rings (SSSR count). The van der Waals surface area contributed by atoms with E-state index in [1.54, 1.807) is 0 Å². The minimum Gasteiger partial charge on any atom is -0.394 e. The third-order valence-corrected chi connectivity index (χ3v) is 4.23. The van der Waals surface area contributed by atoms with Crippen LogP contribution in [0, 0.1) is 5.92 Å². The smallest absolute Gasteiger partial charge is 0.0762 e. The fraction of sp³-hybridized carbons (Fsp3) is 0.800. The molecule has 1 aromatic heterocycles. The van der Waals surface area contributed by atoms with E-state index in [4.69, 9.17) is 0 Å². The zero-order valence-corrected chi connectivity index (χ0v) is 12.4. The molecule has 0 bridgehead atoms. The van der Waals surface area contributed by atoms with Crippen molar-refractivity contribution in [3.63, 3.8) is 0 Å². The van der Waals surface area contributed by atoms with Crippen LogP contribution < -0.4 is 5.32 Å². The van der Waals surface area contributed by atoms with Crippen LogP contribution in [0.2, 0.25) is 0 Å². The third kappa shape index (κ3) is 3.57. The molecular formula is C15H27N3O. The first-order valence-electron chi connectivity index (χ1n) is 7.44. The Hall–Kier alpha value is -0.870. The van der Waals surface area contributed by atoms with Gasteiger partial charge in [-0.1, -0.05) is 19.8 Å². The van der Waals surface area contributed by atoms with E-state index < -0.39 is 0 Å². The molecule has 1 aromatic rings. The Morgan fingerprint density at radius 2 is 2.37 bits per heavy atom. The van der Waals surface area contributed by atoms with Crippen LogP contribution in [0.5, 0.6) is 0 Å². The van der Waals surface area contributed by atoms with E-state index in [9.17, 15) is 5.11 Å². The van der Waals surface area contributed by atoms with Gasteiger partial charge in [-0.25, -0.2) is 0 Å². The molecule has 1 aliphatic rings. The Labute approximate surface area is 116 Å². The van der Waals surface area contributed by atoms with Gasteiger partial charge in [-0.3, -0.25) is 4.68 Å². The van der Waals surface area contributed by atoms with E-state index in [0.717, 1.165) is 25.1 Å². The van der Waals surface area contributed by atoms with Crippen LogP contribution in [0.1, 0.15) is 58.2 Å². The van der Waals surface area contributed by atoms with Gasteiger partial charge in [-0.2, -0.15) is 5.10 Å². The highest BCUT2D eigenvalue weighted by atomic mass is 16.3. The first kappa shape index (κ1) is 14.5. The Morgan fingerprint density at radius 1 is 1.58 bits per heavy atom. The van der Waals surface area contributed by atoms with Crippen molar-refractivity contribution in [2.24, 2.45) is 5.92 Å². The van der Waals surface area contributed by atoms with Crippen LogP contribution >= 0.6 is 0 Å². The first-order valence-corrected chi connectivity index (χ1v) is 7.44. The molecule has 0 aliphatic heterocycles. The van der Waals surface area contributed by atoms with E-state index in [1.807, 2.05) is 10.9 Å². The molecule has 0 amide bonds. The molecule has 108 valence electrons. The topological polar surface area (TPSA) is 50.1 Å². The summed E-state index contributed by atoms with van der Waals surface area (Å²) in [6.45, 7) is 7.50. The predicted molar refractivity (Wildman–Crippen MR) is 76.9 cm³/mol. The van der Waals surface area contributed by atoms with E-state index >= 15 is 0 Å². The van der Waals surface area contributed by atoms with E-state index in [-0.39, 0.29) is 12.1 Å². The maximum atomic E-state index is 9.74. The van der Waals surface area contributed by atoms with E-state index in [1.165, 1.54) is 12.8 Å². The van der Waals surface area contributed by atoms with Crippen molar-refractivity contribution in [1.82, 2.24) is 15.1 Å². The molecule has 2 unspecified atom stereocenters. The lowest BCUT2D eigenvalue weighted by atomic mass is 9.77. The van der Waals surface area contributed by atoms with Crippen molar-refractivity contribution in [2.45, 2.75) is 64.6 Å². The lowest BCUT2D eigenvalue weighted by Crippen LogP contribution is -2.51. The standard InChI is InChI=1S/C15H27N3O/c1-12(2)18-8-6-14(17-18)10-16-15(11-19)7-4-5-13(3)9-15/h6,8,12-13,16,19H,4-5,7,9-11H2,1-3H3. The summed E-state index contributed by atoms with van der Waals surface area (Å²) in [5.74, 6) is 0.696. The van der Waals surface area contributed by atoms with Crippen LogP contribution in [-0.4, -0.2) is 27.0 Å². The summed E-state index contributed by atoms with van der Waals surface area (Å²) in [7, 11) is 0. The van der Waals surface area contributed by atoms with E-state index in [2.05, 4.69) is 37.3 Å². The molecule has 19 heavy (non-hydrogen) atoms. The summed E-state index contributed by atoms with van der Waals surface area (Å²) in [5, 5.41) is 17.9. The van der Waals surface area contributed by atoms with Crippen LogP contribution in [0.25, 0.3) is 0 Å².